The van der Waals surface area contributed by atoms with Crippen molar-refractivity contribution in [1.82, 2.24) is 4.90 Å². The van der Waals surface area contributed by atoms with Gasteiger partial charge in [0.05, 0.1) is 11.3 Å². The Morgan fingerprint density at radius 1 is 0.895 bits per heavy atom. The second-order valence-electron chi connectivity index (χ2n) is 9.58. The summed E-state index contributed by atoms with van der Waals surface area (Å²) in [6.45, 7) is 4.64. The standard InChI is InChI=1S/C28H27F3N4O3/c1-18-10-11-22(16-19(18)2)35-26(37)32-24-9-4-3-8-23(24)27(35,38)25(36)34-14-12-33(13-15-34)21-7-5-6-20(17-21)28(29,30)31/h3-11,16-17,38H,12-15H2,1-2H3,(H,32,37)/t27-/m1/s1. The van der Waals surface area contributed by atoms with E-state index in [9.17, 15) is 27.9 Å². The number of piperazine rings is 1. The first-order chi connectivity index (χ1) is 18.0. The molecule has 1 fully saturated rings. The van der Waals surface area contributed by atoms with Crippen molar-refractivity contribution in [3.63, 3.8) is 0 Å². The number of anilines is 3. The molecule has 0 unspecified atom stereocenters. The number of urea groups is 1. The molecule has 2 heterocycles. The number of nitrogens with zero attached hydrogens (tertiary/aromatic N) is 3. The van der Waals surface area contributed by atoms with Gasteiger partial charge in [0.25, 0.3) is 11.6 Å². The fraction of sp³-hybridized carbons (Fsp3) is 0.286. The first kappa shape index (κ1) is 25.6. The Morgan fingerprint density at radius 3 is 2.29 bits per heavy atom. The van der Waals surface area contributed by atoms with E-state index in [1.807, 2.05) is 19.9 Å². The minimum absolute atomic E-state index is 0.155. The molecule has 7 nitrogen and oxygen atoms in total. The maximum atomic E-state index is 14.0. The van der Waals surface area contributed by atoms with Crippen molar-refractivity contribution in [3.8, 4) is 0 Å². The molecular weight excluding hydrogens is 497 g/mol. The van der Waals surface area contributed by atoms with Crippen LogP contribution < -0.4 is 15.1 Å². The zero-order valence-electron chi connectivity index (χ0n) is 20.9. The molecule has 1 atom stereocenters. The summed E-state index contributed by atoms with van der Waals surface area (Å²) in [5.41, 5.74) is 0.156. The van der Waals surface area contributed by atoms with Crippen molar-refractivity contribution < 1.29 is 27.9 Å². The molecule has 0 saturated carbocycles. The summed E-state index contributed by atoms with van der Waals surface area (Å²) in [6.07, 6.45) is -4.45. The van der Waals surface area contributed by atoms with Gasteiger partial charge < -0.3 is 20.2 Å². The Bertz CT molecular complexity index is 1400. The largest absolute Gasteiger partial charge is 0.416 e. The van der Waals surface area contributed by atoms with Crippen LogP contribution in [0.5, 0.6) is 0 Å². The van der Waals surface area contributed by atoms with Crippen LogP contribution in [0.25, 0.3) is 0 Å². The molecule has 0 bridgehead atoms. The molecule has 0 spiro atoms. The van der Waals surface area contributed by atoms with Crippen molar-refractivity contribution >= 4 is 29.0 Å². The van der Waals surface area contributed by atoms with E-state index in [0.717, 1.165) is 28.2 Å². The highest BCUT2D eigenvalue weighted by molar-refractivity contribution is 6.11. The zero-order chi connectivity index (χ0) is 27.2. The Morgan fingerprint density at radius 2 is 1.61 bits per heavy atom. The number of rotatable bonds is 3. The molecule has 2 aliphatic rings. The SMILES string of the molecule is Cc1ccc(N2C(=O)Nc3ccccc3[C@@]2(O)C(=O)N2CCN(c3cccc(C(F)(F)F)c3)CC2)cc1C. The highest BCUT2D eigenvalue weighted by Crippen LogP contribution is 2.41. The molecule has 10 heteroatoms. The van der Waals surface area contributed by atoms with Crippen molar-refractivity contribution in [1.29, 1.82) is 0 Å². The van der Waals surface area contributed by atoms with Crippen LogP contribution in [0.4, 0.5) is 35.0 Å². The molecular formula is C28H27F3N4O3. The second kappa shape index (κ2) is 9.36. The number of halogens is 3. The van der Waals surface area contributed by atoms with Gasteiger partial charge in [-0.25, -0.2) is 4.79 Å². The first-order valence-corrected chi connectivity index (χ1v) is 12.2. The predicted octanol–water partition coefficient (Wildman–Crippen LogP) is 4.87. The minimum Gasteiger partial charge on any atom is -0.368 e. The van der Waals surface area contributed by atoms with E-state index in [4.69, 9.17) is 0 Å². The number of carbonyl (C=O) groups is 2. The lowest BCUT2D eigenvalue weighted by molar-refractivity contribution is -0.152. The summed E-state index contributed by atoms with van der Waals surface area (Å²) in [5, 5.41) is 14.9. The molecule has 0 aromatic heterocycles. The lowest BCUT2D eigenvalue weighted by Gasteiger charge is -2.46. The summed E-state index contributed by atoms with van der Waals surface area (Å²) < 4.78 is 39.6. The van der Waals surface area contributed by atoms with Crippen LogP contribution in [0.3, 0.4) is 0 Å². The second-order valence-corrected chi connectivity index (χ2v) is 9.58. The normalized spacial score (nSPS) is 19.7. The fourth-order valence-electron chi connectivity index (χ4n) is 4.98. The molecule has 3 aromatic carbocycles. The van der Waals surface area contributed by atoms with Gasteiger partial charge in [-0.3, -0.25) is 9.69 Å². The monoisotopic (exact) mass is 524 g/mol. The summed E-state index contributed by atoms with van der Waals surface area (Å²) in [6, 6.07) is 16.3. The summed E-state index contributed by atoms with van der Waals surface area (Å²) in [4.78, 5) is 31.6. The van der Waals surface area contributed by atoms with Crippen LogP contribution in [0.15, 0.2) is 66.7 Å². The van der Waals surface area contributed by atoms with Crippen molar-refractivity contribution in [3.05, 3.63) is 89.0 Å². The highest BCUT2D eigenvalue weighted by atomic mass is 19.4. The van der Waals surface area contributed by atoms with E-state index in [-0.39, 0.29) is 31.7 Å². The minimum atomic E-state index is -4.45. The Balaban J connectivity index is 1.46. The molecule has 1 saturated heterocycles. The topological polar surface area (TPSA) is 76.1 Å². The summed E-state index contributed by atoms with van der Waals surface area (Å²) >= 11 is 0. The van der Waals surface area contributed by atoms with Crippen LogP contribution in [-0.4, -0.2) is 48.1 Å². The Kier molecular flexibility index (Phi) is 6.30. The summed E-state index contributed by atoms with van der Waals surface area (Å²) in [7, 11) is 0. The molecule has 5 rings (SSSR count). The predicted molar refractivity (Wildman–Crippen MR) is 138 cm³/mol. The van der Waals surface area contributed by atoms with E-state index >= 15 is 0 Å². The highest BCUT2D eigenvalue weighted by Gasteiger charge is 2.53. The van der Waals surface area contributed by atoms with Gasteiger partial charge in [-0.05, 0) is 61.4 Å². The number of hydrogen-bond acceptors (Lipinski definition) is 4. The maximum absolute atomic E-state index is 14.0. The van der Waals surface area contributed by atoms with Crippen molar-refractivity contribution in [2.75, 3.05) is 41.3 Å². The lowest BCUT2D eigenvalue weighted by atomic mass is 9.93. The number of nitrogens with one attached hydrogen (secondary N) is 1. The van der Waals surface area contributed by atoms with Crippen molar-refractivity contribution in [2.24, 2.45) is 0 Å². The lowest BCUT2D eigenvalue weighted by Crippen LogP contribution is -2.65. The van der Waals surface area contributed by atoms with E-state index < -0.39 is 29.4 Å². The quantitative estimate of drug-likeness (QED) is 0.513. The first-order valence-electron chi connectivity index (χ1n) is 12.2. The van der Waals surface area contributed by atoms with Gasteiger partial charge in [-0.2, -0.15) is 13.2 Å². The van der Waals surface area contributed by atoms with Gasteiger partial charge in [0.1, 0.15) is 0 Å². The molecule has 2 N–H and O–H groups in total. The average Bonchev–Trinajstić information content (AvgIpc) is 2.90. The smallest absolute Gasteiger partial charge is 0.368 e. The molecule has 3 amide bonds. The number of para-hydroxylation sites is 1. The molecule has 38 heavy (non-hydrogen) atoms. The number of hydrogen-bond donors (Lipinski definition) is 2. The number of amides is 3. The van der Waals surface area contributed by atoms with Gasteiger partial charge in [0, 0.05) is 43.1 Å². The number of fused-ring (bicyclic) bond motifs is 1. The van der Waals surface area contributed by atoms with Crippen molar-refractivity contribution in [2.45, 2.75) is 25.7 Å². The van der Waals surface area contributed by atoms with Gasteiger partial charge in [0.15, 0.2) is 0 Å². The van der Waals surface area contributed by atoms with E-state index in [0.29, 0.717) is 17.1 Å². The van der Waals surface area contributed by atoms with Crippen LogP contribution in [0.2, 0.25) is 0 Å². The number of alkyl halides is 3. The molecule has 0 aliphatic carbocycles. The third kappa shape index (κ3) is 4.34. The number of aryl methyl sites for hydroxylation is 2. The van der Waals surface area contributed by atoms with Gasteiger partial charge in [-0.1, -0.05) is 30.3 Å². The zero-order valence-corrected chi connectivity index (χ0v) is 20.9. The molecule has 3 aromatic rings. The van der Waals surface area contributed by atoms with Gasteiger partial charge in [0.2, 0.25) is 0 Å². The van der Waals surface area contributed by atoms with E-state index in [1.165, 1.54) is 11.0 Å². The molecule has 2 aliphatic heterocycles. The third-order valence-corrected chi connectivity index (χ3v) is 7.22. The van der Waals surface area contributed by atoms with Crippen LogP contribution in [0.1, 0.15) is 22.3 Å². The number of aliphatic hydroxyl groups is 1. The van der Waals surface area contributed by atoms with Gasteiger partial charge >= 0.3 is 12.2 Å². The van der Waals surface area contributed by atoms with Crippen LogP contribution >= 0.6 is 0 Å². The Hall–Kier alpha value is -4.05. The average molecular weight is 525 g/mol. The van der Waals surface area contributed by atoms with Crippen LogP contribution in [0, 0.1) is 13.8 Å². The van der Waals surface area contributed by atoms with E-state index in [2.05, 4.69) is 5.32 Å². The van der Waals surface area contributed by atoms with Gasteiger partial charge in [-0.15, -0.1) is 0 Å². The maximum Gasteiger partial charge on any atom is 0.416 e. The third-order valence-electron chi connectivity index (χ3n) is 7.22. The fourth-order valence-corrected chi connectivity index (χ4v) is 4.98. The van der Waals surface area contributed by atoms with E-state index in [1.54, 1.807) is 47.4 Å². The molecule has 0 radical (unpaired) electrons. The summed E-state index contributed by atoms with van der Waals surface area (Å²) in [5.74, 6) is -0.679. The van der Waals surface area contributed by atoms with Crippen LogP contribution in [-0.2, 0) is 16.7 Å². The number of carbonyl (C=O) groups excluding carboxylic acids is 2. The Labute approximate surface area is 218 Å². The number of benzene rings is 3. The molecule has 198 valence electrons.